The van der Waals surface area contributed by atoms with E-state index in [0.717, 1.165) is 22.7 Å². The van der Waals surface area contributed by atoms with E-state index >= 15 is 0 Å². The molecule has 0 unspecified atom stereocenters. The Kier molecular flexibility index (Phi) is 9.79. The Hall–Kier alpha value is -10.2. The first-order valence-corrected chi connectivity index (χ1v) is 28.7. The largest absolute Gasteiger partial charge is 0.310 e. The van der Waals surface area contributed by atoms with Gasteiger partial charge in [-0.05, 0) is 165 Å². The van der Waals surface area contributed by atoms with E-state index in [9.17, 15) is 0 Å². The fraction of sp³-hybridized carbons (Fsp3) is 0.0769. The van der Waals surface area contributed by atoms with Crippen LogP contribution in [-0.4, -0.2) is 13.7 Å². The SMILES string of the molecule is CC1(C)c2cc(N(c3ccc(-c4ccc5c6ccccc6n(-c6ccccc6)c5c4)cc3)c3ccc4c(c3)C(C)(C)c3cc(-n5c6ccccc6c6ccccc65)ccc3-4)ccc2-c2ccc(-n3c4ccccc4c4ccccc43)cc21. The summed E-state index contributed by atoms with van der Waals surface area (Å²) in [6.45, 7) is 9.64. The number of para-hydroxylation sites is 6. The van der Waals surface area contributed by atoms with Crippen LogP contribution in [0, 0.1) is 0 Å². The second kappa shape index (κ2) is 17.2. The Bertz CT molecular complexity index is 4830. The average Bonchev–Trinajstić information content (AvgIpc) is 4.12. The number of rotatable bonds is 7. The Morgan fingerprint density at radius 2 is 0.573 bits per heavy atom. The highest BCUT2D eigenvalue weighted by Gasteiger charge is 2.39. The van der Waals surface area contributed by atoms with Crippen molar-refractivity contribution in [1.29, 1.82) is 0 Å². The molecule has 3 aromatic heterocycles. The highest BCUT2D eigenvalue weighted by Crippen LogP contribution is 2.54. The molecule has 0 fully saturated rings. The molecule has 15 aromatic rings. The van der Waals surface area contributed by atoms with E-state index in [2.05, 4.69) is 313 Å². The maximum Gasteiger partial charge on any atom is 0.0547 e. The van der Waals surface area contributed by atoms with Crippen LogP contribution < -0.4 is 4.90 Å². The molecule has 4 heteroatoms. The molecule has 2 aliphatic carbocycles. The number of fused-ring (bicyclic) bond motifs is 15. The molecule has 0 saturated heterocycles. The minimum absolute atomic E-state index is 0.276. The summed E-state index contributed by atoms with van der Waals surface area (Å²) >= 11 is 0. The Labute approximate surface area is 476 Å². The molecule has 17 rings (SSSR count). The van der Waals surface area contributed by atoms with Crippen molar-refractivity contribution in [2.24, 2.45) is 0 Å². The van der Waals surface area contributed by atoms with Gasteiger partial charge in [-0.2, -0.15) is 0 Å². The van der Waals surface area contributed by atoms with Gasteiger partial charge in [-0.25, -0.2) is 0 Å². The number of hydrogen-bond acceptors (Lipinski definition) is 1. The first-order chi connectivity index (χ1) is 40.2. The van der Waals surface area contributed by atoms with Gasteiger partial charge in [0.25, 0.3) is 0 Å². The third kappa shape index (κ3) is 6.61. The average molecular weight is 1050 g/mol. The normalized spacial score (nSPS) is 13.8. The standard InChI is InChI=1S/C78H56N4/c1-77(2)67-45-53(35-40-57(67)59-42-37-55(47-69(59)77)81-72-26-14-8-20-61(72)62-21-9-15-27-73(62)81)79(52-33-30-49(31-34-52)50-32-39-66-65-24-12-13-25-71(65)80(76(66)44-50)51-18-6-5-7-19-51)54-36-41-58-60-43-38-56(48-70(60)78(3,4)68(58)46-54)82-74-28-16-10-22-63(74)64-23-11-17-29-75(64)82/h5-48H,1-4H3. The van der Waals surface area contributed by atoms with Crippen LogP contribution in [0.15, 0.2) is 267 Å². The zero-order valence-electron chi connectivity index (χ0n) is 46.2. The van der Waals surface area contributed by atoms with Gasteiger partial charge >= 0.3 is 0 Å². The van der Waals surface area contributed by atoms with Crippen LogP contribution in [0.25, 0.3) is 116 Å². The lowest BCUT2D eigenvalue weighted by molar-refractivity contribution is 0.659. The molecular weight excluding hydrogens is 993 g/mol. The van der Waals surface area contributed by atoms with E-state index in [1.807, 2.05) is 0 Å². The van der Waals surface area contributed by atoms with Crippen molar-refractivity contribution in [2.45, 2.75) is 38.5 Å². The molecule has 3 heterocycles. The first kappa shape index (κ1) is 46.7. The van der Waals surface area contributed by atoms with Gasteiger partial charge in [-0.15, -0.1) is 0 Å². The zero-order valence-corrected chi connectivity index (χ0v) is 46.2. The second-order valence-corrected chi connectivity index (χ2v) is 23.7. The molecule has 0 bridgehead atoms. The number of aromatic nitrogens is 3. The Morgan fingerprint density at radius 1 is 0.244 bits per heavy atom. The quantitative estimate of drug-likeness (QED) is 0.156. The summed E-state index contributed by atoms with van der Waals surface area (Å²) in [5.74, 6) is 0. The van der Waals surface area contributed by atoms with Gasteiger partial charge in [-0.3, -0.25) is 0 Å². The van der Waals surface area contributed by atoms with E-state index in [1.165, 1.54) is 132 Å². The van der Waals surface area contributed by atoms with Crippen molar-refractivity contribution in [3.8, 4) is 50.4 Å². The van der Waals surface area contributed by atoms with Gasteiger partial charge in [0.05, 0.1) is 33.1 Å². The summed E-state index contributed by atoms with van der Waals surface area (Å²) in [7, 11) is 0. The van der Waals surface area contributed by atoms with E-state index in [-0.39, 0.29) is 10.8 Å². The highest BCUT2D eigenvalue weighted by atomic mass is 15.1. The predicted octanol–water partition coefficient (Wildman–Crippen LogP) is 20.7. The van der Waals surface area contributed by atoms with Gasteiger partial charge in [0.15, 0.2) is 0 Å². The lowest BCUT2D eigenvalue weighted by Gasteiger charge is -2.30. The molecule has 0 radical (unpaired) electrons. The second-order valence-electron chi connectivity index (χ2n) is 23.7. The van der Waals surface area contributed by atoms with E-state index < -0.39 is 0 Å². The van der Waals surface area contributed by atoms with Crippen LogP contribution in [-0.2, 0) is 10.8 Å². The van der Waals surface area contributed by atoms with E-state index in [4.69, 9.17) is 0 Å². The number of anilines is 3. The molecule has 388 valence electrons. The molecule has 2 aliphatic rings. The number of hydrogen-bond donors (Lipinski definition) is 0. The third-order valence-electron chi connectivity index (χ3n) is 18.6. The fourth-order valence-corrected chi connectivity index (χ4v) is 14.6. The monoisotopic (exact) mass is 1050 g/mol. The van der Waals surface area contributed by atoms with Crippen LogP contribution in [0.3, 0.4) is 0 Å². The minimum atomic E-state index is -0.276. The summed E-state index contributed by atoms with van der Waals surface area (Å²) in [5.41, 5.74) is 26.5. The number of benzene rings is 12. The molecule has 4 nitrogen and oxygen atoms in total. The molecule has 0 amide bonds. The Morgan fingerprint density at radius 3 is 1.00 bits per heavy atom. The summed E-state index contributed by atoms with van der Waals surface area (Å²) in [6, 6.07) is 99.6. The molecular formula is C78H56N4. The van der Waals surface area contributed by atoms with Gasteiger partial charge in [0.1, 0.15) is 0 Å². The molecule has 0 saturated carbocycles. The third-order valence-corrected chi connectivity index (χ3v) is 18.6. The lowest BCUT2D eigenvalue weighted by Crippen LogP contribution is -2.18. The van der Waals surface area contributed by atoms with Crippen LogP contribution in [0.5, 0.6) is 0 Å². The van der Waals surface area contributed by atoms with Gasteiger partial charge in [0, 0.05) is 77.3 Å². The smallest absolute Gasteiger partial charge is 0.0547 e. The summed E-state index contributed by atoms with van der Waals surface area (Å²) in [5, 5.41) is 7.60. The van der Waals surface area contributed by atoms with Gasteiger partial charge < -0.3 is 18.6 Å². The maximum atomic E-state index is 2.49. The van der Waals surface area contributed by atoms with Crippen molar-refractivity contribution in [2.75, 3.05) is 4.90 Å². The molecule has 0 aliphatic heterocycles. The maximum absolute atomic E-state index is 2.49. The molecule has 0 spiro atoms. The Balaban J connectivity index is 0.795. The van der Waals surface area contributed by atoms with Crippen LogP contribution in [0.4, 0.5) is 17.1 Å². The van der Waals surface area contributed by atoms with Crippen molar-refractivity contribution >= 4 is 82.5 Å². The summed E-state index contributed by atoms with van der Waals surface area (Å²) in [6.07, 6.45) is 0. The summed E-state index contributed by atoms with van der Waals surface area (Å²) in [4.78, 5) is 2.49. The van der Waals surface area contributed by atoms with Gasteiger partial charge in [0.2, 0.25) is 0 Å². The predicted molar refractivity (Wildman–Crippen MR) is 345 cm³/mol. The molecule has 82 heavy (non-hydrogen) atoms. The van der Waals surface area contributed by atoms with Crippen LogP contribution in [0.1, 0.15) is 49.9 Å². The van der Waals surface area contributed by atoms with E-state index in [1.54, 1.807) is 0 Å². The zero-order chi connectivity index (χ0) is 54.6. The van der Waals surface area contributed by atoms with Crippen molar-refractivity contribution in [3.63, 3.8) is 0 Å². The minimum Gasteiger partial charge on any atom is -0.310 e. The van der Waals surface area contributed by atoms with Crippen LogP contribution >= 0.6 is 0 Å². The first-order valence-electron chi connectivity index (χ1n) is 28.7. The van der Waals surface area contributed by atoms with Crippen LogP contribution in [0.2, 0.25) is 0 Å². The van der Waals surface area contributed by atoms with Crippen molar-refractivity contribution in [1.82, 2.24) is 13.7 Å². The highest BCUT2D eigenvalue weighted by molar-refractivity contribution is 6.12. The topological polar surface area (TPSA) is 18.0 Å². The number of nitrogens with zero attached hydrogens (tertiary/aromatic N) is 4. The molecule has 0 N–H and O–H groups in total. The van der Waals surface area contributed by atoms with E-state index in [0.29, 0.717) is 0 Å². The summed E-state index contributed by atoms with van der Waals surface area (Å²) < 4.78 is 7.30. The van der Waals surface area contributed by atoms with Crippen molar-refractivity contribution < 1.29 is 0 Å². The van der Waals surface area contributed by atoms with Gasteiger partial charge in [-0.1, -0.05) is 185 Å². The molecule has 0 atom stereocenters. The lowest BCUT2D eigenvalue weighted by atomic mass is 9.81. The van der Waals surface area contributed by atoms with Crippen molar-refractivity contribution in [3.05, 3.63) is 289 Å². The fourth-order valence-electron chi connectivity index (χ4n) is 14.6. The molecule has 12 aromatic carbocycles.